The van der Waals surface area contributed by atoms with Crippen molar-refractivity contribution in [1.29, 1.82) is 0 Å². The van der Waals surface area contributed by atoms with E-state index >= 15 is 0 Å². The van der Waals surface area contributed by atoms with Crippen molar-refractivity contribution in [3.63, 3.8) is 0 Å². The number of likely N-dealkylation sites (N-methyl/N-ethyl adjacent to an activating group) is 1. The van der Waals surface area contributed by atoms with Gasteiger partial charge in [-0.05, 0) is 64.3 Å². The molecule has 9 nitrogen and oxygen atoms in total. The number of aryl methyl sites for hydroxylation is 1. The maximum absolute atomic E-state index is 11.5. The van der Waals surface area contributed by atoms with E-state index in [1.54, 1.807) is 9.80 Å². The summed E-state index contributed by atoms with van der Waals surface area (Å²) in [7, 11) is 2.29. The van der Waals surface area contributed by atoms with Crippen LogP contribution in [0.4, 0.5) is 4.79 Å². The Morgan fingerprint density at radius 1 is 0.750 bits per heavy atom. The molecule has 2 aromatic rings. The van der Waals surface area contributed by atoms with Crippen molar-refractivity contribution in [1.82, 2.24) is 0 Å². The molecule has 292 valence electrons. The van der Waals surface area contributed by atoms with Crippen LogP contribution in [0, 0.1) is 7.43 Å². The van der Waals surface area contributed by atoms with Gasteiger partial charge in [0, 0.05) is 52.9 Å². The standard InChI is InChI=1S/C40H62N4O2.CH2O3.CH3.Cr/c1-38(2,3)31-22-28(14-13-17-44-20-18-43(10)19-21-44)36(45)29(23-31)26-41-34-15-11-12-16-35(34)42-27-30-24-32(39(4,5)6)25-33(37(30)46)40(7,8)9;2-1(3)4;;/h22-27,34-35,45-46H,11-21H2,1-10H3;(H2,2,3,4);1H3;/q;;-1;/p+2. The Labute approximate surface area is 325 Å². The minimum atomic E-state index is -1.83. The van der Waals surface area contributed by atoms with Crippen LogP contribution in [0.25, 0.3) is 0 Å². The van der Waals surface area contributed by atoms with E-state index in [4.69, 9.17) is 25.0 Å². The molecule has 0 radical (unpaired) electrons. The van der Waals surface area contributed by atoms with Gasteiger partial charge in [0.05, 0.1) is 25.7 Å². The Balaban J connectivity index is 0.00000214. The summed E-state index contributed by atoms with van der Waals surface area (Å²) in [5.74, 6) is 0.705. The number of hydrogen-bond acceptors (Lipinski definition) is 5. The molecule has 2 aromatic carbocycles. The van der Waals surface area contributed by atoms with E-state index in [0.717, 1.165) is 67.3 Å². The fourth-order valence-electron chi connectivity index (χ4n) is 6.80. The Hall–Kier alpha value is -2.90. The normalized spacial score (nSPS) is 21.2. The third-order valence-corrected chi connectivity index (χ3v) is 10.2. The zero-order valence-corrected chi connectivity index (χ0v) is 35.2. The van der Waals surface area contributed by atoms with E-state index < -0.39 is 6.16 Å². The first-order valence-corrected chi connectivity index (χ1v) is 18.5. The molecule has 1 heterocycles. The molecule has 6 N–H and O–H groups in total. The number of carboxylic acid groups (broad SMARTS) is 2. The van der Waals surface area contributed by atoms with Gasteiger partial charge in [-0.1, -0.05) is 87.3 Å². The van der Waals surface area contributed by atoms with Gasteiger partial charge in [0.1, 0.15) is 37.7 Å². The summed E-state index contributed by atoms with van der Waals surface area (Å²) in [6.45, 7) is 25.9. The van der Waals surface area contributed by atoms with Crippen LogP contribution >= 0.6 is 0 Å². The molecule has 10 heteroatoms. The van der Waals surface area contributed by atoms with Gasteiger partial charge in [-0.2, -0.15) is 0 Å². The number of aromatic hydroxyl groups is 2. The summed E-state index contributed by atoms with van der Waals surface area (Å²) >= 11 is 0. The molecule has 4 rings (SSSR count). The zero-order chi connectivity index (χ0) is 37.4. The quantitative estimate of drug-likeness (QED) is 0.148. The van der Waals surface area contributed by atoms with Crippen molar-refractivity contribution in [3.8, 4) is 11.5 Å². The molecule has 1 aliphatic carbocycles. The van der Waals surface area contributed by atoms with Crippen LogP contribution in [0.1, 0.15) is 128 Å². The Morgan fingerprint density at radius 2 is 1.19 bits per heavy atom. The topological polar surface area (TPSA) is 132 Å². The molecule has 0 aromatic heterocycles. The van der Waals surface area contributed by atoms with Crippen LogP contribution in [0.15, 0.2) is 34.3 Å². The average Bonchev–Trinajstić information content (AvgIpc) is 3.00. The summed E-state index contributed by atoms with van der Waals surface area (Å²) < 4.78 is 0. The number of nitrogens with zero attached hydrogens (tertiary/aromatic N) is 2. The summed E-state index contributed by atoms with van der Waals surface area (Å²) in [6.07, 6.45) is 8.12. The van der Waals surface area contributed by atoms with E-state index in [1.165, 1.54) is 37.3 Å². The molecule has 2 fully saturated rings. The first-order chi connectivity index (χ1) is 23.2. The van der Waals surface area contributed by atoms with Crippen LogP contribution in [-0.4, -0.2) is 90.9 Å². The van der Waals surface area contributed by atoms with Crippen LogP contribution in [0.3, 0.4) is 0 Å². The molecule has 1 aliphatic heterocycles. The number of hydrogen-bond donors (Lipinski definition) is 6. The van der Waals surface area contributed by atoms with Crippen LogP contribution in [0.2, 0.25) is 0 Å². The van der Waals surface area contributed by atoms with Gasteiger partial charge in [0.15, 0.2) is 0 Å². The van der Waals surface area contributed by atoms with Crippen LogP contribution in [0.5, 0.6) is 11.5 Å². The number of benzene rings is 2. The third kappa shape index (κ3) is 14.2. The molecule has 0 spiro atoms. The first kappa shape index (κ1) is 47.1. The summed E-state index contributed by atoms with van der Waals surface area (Å²) in [5, 5.41) is 36.7. The first-order valence-electron chi connectivity index (χ1n) is 18.5. The number of carbonyl (C=O) groups is 1. The fraction of sp³-hybridized carbons (Fsp3) is 0.619. The molecular weight excluding hydrogens is 692 g/mol. The molecule has 2 unspecified atom stereocenters. The number of piperazine rings is 1. The number of aliphatic imine (C=N–C) groups is 2. The van der Waals surface area contributed by atoms with Crippen molar-refractivity contribution in [3.05, 3.63) is 65.1 Å². The van der Waals surface area contributed by atoms with Crippen LogP contribution in [-0.2, 0) is 40.0 Å². The predicted octanol–water partition coefficient (Wildman–Crippen LogP) is 5.86. The molecule has 52 heavy (non-hydrogen) atoms. The summed E-state index contributed by atoms with van der Waals surface area (Å²) in [5.41, 5.74) is 5.78. The molecule has 2 aliphatic rings. The van der Waals surface area contributed by atoms with Gasteiger partial charge in [0.25, 0.3) is 0 Å². The number of quaternary nitrogens is 2. The molecule has 1 saturated heterocycles. The number of nitrogens with one attached hydrogen (secondary N) is 2. The Bertz CT molecular complexity index is 1490. The van der Waals surface area contributed by atoms with Crippen molar-refractivity contribution < 1.29 is 52.4 Å². The second kappa shape index (κ2) is 20.0. The maximum Gasteiger partial charge on any atom is 0.503 e. The summed E-state index contributed by atoms with van der Waals surface area (Å²) in [4.78, 5) is 22.1. The second-order valence-electron chi connectivity index (χ2n) is 17.6. The smallest absolute Gasteiger partial charge is 0.503 e. The SMILES string of the molecule is C[NH+]1CC[NH+](CCCc2cc(C(C)(C)C)cc(C=NC3CCCCC3N=Cc3cc(C(C)(C)C)cc(C(C)(C)C)c3O)c2O)CC1.O=C(O)O.[CH3-].[Cr]. The van der Waals surface area contributed by atoms with E-state index in [9.17, 15) is 10.2 Å². The minimum absolute atomic E-state index is 0. The van der Waals surface area contributed by atoms with Crippen LogP contribution < -0.4 is 9.80 Å². The Morgan fingerprint density at radius 3 is 1.63 bits per heavy atom. The van der Waals surface area contributed by atoms with Crippen molar-refractivity contribution in [2.45, 2.75) is 129 Å². The monoisotopic (exact) mass is 761 g/mol. The molecular formula is C42H69CrN4O5+. The van der Waals surface area contributed by atoms with Crippen molar-refractivity contribution >= 4 is 18.6 Å². The van der Waals surface area contributed by atoms with Crippen molar-refractivity contribution in [2.75, 3.05) is 39.8 Å². The zero-order valence-electron chi connectivity index (χ0n) is 33.9. The van der Waals surface area contributed by atoms with E-state index in [-0.39, 0.29) is 53.1 Å². The van der Waals surface area contributed by atoms with Gasteiger partial charge in [-0.3, -0.25) is 9.98 Å². The van der Waals surface area contributed by atoms with Gasteiger partial charge < -0.3 is 37.7 Å². The number of phenols is 2. The van der Waals surface area contributed by atoms with Gasteiger partial charge in [-0.25, -0.2) is 4.79 Å². The molecule has 0 bridgehead atoms. The van der Waals surface area contributed by atoms with E-state index in [0.29, 0.717) is 11.5 Å². The number of phenolic OH excluding ortho intramolecular Hbond substituents is 2. The molecule has 1 saturated carbocycles. The van der Waals surface area contributed by atoms with Crippen molar-refractivity contribution in [2.24, 2.45) is 9.98 Å². The van der Waals surface area contributed by atoms with E-state index in [2.05, 4.69) is 93.6 Å². The van der Waals surface area contributed by atoms with Gasteiger partial charge in [-0.15, -0.1) is 0 Å². The predicted molar refractivity (Wildman–Crippen MR) is 211 cm³/mol. The largest absolute Gasteiger partial charge is 0.507 e. The van der Waals surface area contributed by atoms with E-state index in [1.807, 2.05) is 12.4 Å². The van der Waals surface area contributed by atoms with Gasteiger partial charge >= 0.3 is 6.16 Å². The maximum atomic E-state index is 11.5. The Kier molecular flexibility index (Phi) is 18.1. The molecule has 0 amide bonds. The third-order valence-electron chi connectivity index (χ3n) is 10.2. The number of rotatable bonds is 8. The second-order valence-corrected chi connectivity index (χ2v) is 17.6. The summed E-state index contributed by atoms with van der Waals surface area (Å²) in [6, 6.07) is 8.68. The van der Waals surface area contributed by atoms with Gasteiger partial charge in [0.2, 0.25) is 0 Å². The fourth-order valence-corrected chi connectivity index (χ4v) is 6.80. The average molecular weight is 762 g/mol. The minimum Gasteiger partial charge on any atom is -0.507 e. The molecule has 2 atom stereocenters.